The maximum atomic E-state index is 11.7. The van der Waals surface area contributed by atoms with E-state index in [-0.39, 0.29) is 6.09 Å². The first-order chi connectivity index (χ1) is 7.81. The Morgan fingerprint density at radius 1 is 1.53 bits per heavy atom. The van der Waals surface area contributed by atoms with Gasteiger partial charge in [0.25, 0.3) is 0 Å². The second kappa shape index (κ2) is 5.49. The molecular weight excluding hydrogens is 236 g/mol. The summed E-state index contributed by atoms with van der Waals surface area (Å²) in [5.74, 6) is 0. The Kier molecular flexibility index (Phi) is 4.51. The number of rotatable bonds is 3. The van der Waals surface area contributed by atoms with Gasteiger partial charge in [0.2, 0.25) is 0 Å². The molecule has 1 rings (SSSR count). The van der Waals surface area contributed by atoms with Crippen molar-refractivity contribution in [1.82, 2.24) is 9.27 Å². The molecule has 0 aliphatic heterocycles. The number of hydrogen-bond acceptors (Lipinski definition) is 4. The lowest BCUT2D eigenvalue weighted by Gasteiger charge is -2.24. The average Bonchev–Trinajstić information content (AvgIpc) is 2.62. The quantitative estimate of drug-likeness (QED) is 0.834. The Morgan fingerprint density at radius 3 is 2.65 bits per heavy atom. The highest BCUT2D eigenvalue weighted by atomic mass is 32.1. The lowest BCUT2D eigenvalue weighted by Crippen LogP contribution is -2.33. The normalized spacial score (nSPS) is 11.4. The maximum Gasteiger partial charge on any atom is 0.410 e. The summed E-state index contributed by atoms with van der Waals surface area (Å²) in [5, 5.41) is 0. The van der Waals surface area contributed by atoms with Crippen LogP contribution in [0.4, 0.5) is 4.79 Å². The van der Waals surface area contributed by atoms with Crippen molar-refractivity contribution in [3.8, 4) is 0 Å². The number of aromatic nitrogens is 1. The van der Waals surface area contributed by atoms with E-state index in [1.54, 1.807) is 11.9 Å². The second-order valence-corrected chi connectivity index (χ2v) is 5.86. The summed E-state index contributed by atoms with van der Waals surface area (Å²) in [6, 6.07) is 2.03. The standard InChI is InChI=1S/C12H20N2O2S/c1-6-9-7-10(17-13-9)8-14(5)11(15)16-12(2,3)4/h7H,6,8H2,1-5H3. The fourth-order valence-corrected chi connectivity index (χ4v) is 2.09. The number of carbonyl (C=O) groups is 1. The number of ether oxygens (including phenoxy) is 1. The van der Waals surface area contributed by atoms with Gasteiger partial charge in [-0.2, -0.15) is 4.37 Å². The van der Waals surface area contributed by atoms with Crippen molar-refractivity contribution < 1.29 is 9.53 Å². The first-order valence-electron chi connectivity index (χ1n) is 5.70. The Labute approximate surface area is 107 Å². The Morgan fingerprint density at radius 2 is 2.18 bits per heavy atom. The number of hydrogen-bond donors (Lipinski definition) is 0. The molecule has 0 saturated heterocycles. The highest BCUT2D eigenvalue weighted by molar-refractivity contribution is 7.05. The monoisotopic (exact) mass is 256 g/mol. The highest BCUT2D eigenvalue weighted by Gasteiger charge is 2.20. The molecule has 0 fully saturated rings. The van der Waals surface area contributed by atoms with Gasteiger partial charge in [-0.15, -0.1) is 0 Å². The minimum Gasteiger partial charge on any atom is -0.444 e. The zero-order chi connectivity index (χ0) is 13.1. The highest BCUT2D eigenvalue weighted by Crippen LogP contribution is 2.15. The molecule has 0 aromatic carbocycles. The van der Waals surface area contributed by atoms with Crippen LogP contribution in [0.25, 0.3) is 0 Å². The Balaban J connectivity index is 2.54. The van der Waals surface area contributed by atoms with Crippen LogP contribution in [0.2, 0.25) is 0 Å². The van der Waals surface area contributed by atoms with Gasteiger partial charge in [-0.3, -0.25) is 0 Å². The summed E-state index contributed by atoms with van der Waals surface area (Å²) in [4.78, 5) is 14.4. The van der Waals surface area contributed by atoms with Gasteiger partial charge < -0.3 is 9.64 Å². The third-order valence-electron chi connectivity index (χ3n) is 2.07. The summed E-state index contributed by atoms with van der Waals surface area (Å²) < 4.78 is 9.56. The number of aryl methyl sites for hydroxylation is 1. The molecule has 17 heavy (non-hydrogen) atoms. The summed E-state index contributed by atoms with van der Waals surface area (Å²) in [5.41, 5.74) is 0.621. The first kappa shape index (κ1) is 14.0. The van der Waals surface area contributed by atoms with E-state index in [1.807, 2.05) is 26.8 Å². The predicted molar refractivity (Wildman–Crippen MR) is 69.2 cm³/mol. The molecule has 1 amide bonds. The van der Waals surface area contributed by atoms with Crippen molar-refractivity contribution in [1.29, 1.82) is 0 Å². The van der Waals surface area contributed by atoms with Crippen molar-refractivity contribution in [3.63, 3.8) is 0 Å². The van der Waals surface area contributed by atoms with E-state index in [0.717, 1.165) is 17.0 Å². The maximum absolute atomic E-state index is 11.7. The third kappa shape index (κ3) is 4.73. The van der Waals surface area contributed by atoms with Crippen molar-refractivity contribution in [2.24, 2.45) is 0 Å². The van der Waals surface area contributed by atoms with Crippen LogP contribution in [0.1, 0.15) is 38.3 Å². The number of carbonyl (C=O) groups excluding carboxylic acids is 1. The van der Waals surface area contributed by atoms with Crippen LogP contribution in [-0.2, 0) is 17.7 Å². The molecular formula is C12H20N2O2S. The molecule has 1 heterocycles. The Hall–Kier alpha value is -1.10. The van der Waals surface area contributed by atoms with E-state index < -0.39 is 5.60 Å². The smallest absolute Gasteiger partial charge is 0.410 e. The molecule has 0 atom stereocenters. The van der Waals surface area contributed by atoms with Gasteiger partial charge in [0, 0.05) is 11.9 Å². The molecule has 0 aliphatic carbocycles. The Bertz CT molecular complexity index is 382. The predicted octanol–water partition coefficient (Wildman–Crippen LogP) is 3.07. The van der Waals surface area contributed by atoms with Crippen LogP contribution in [0, 0.1) is 0 Å². The number of nitrogens with zero attached hydrogens (tertiary/aromatic N) is 2. The van der Waals surface area contributed by atoms with Gasteiger partial charge >= 0.3 is 6.09 Å². The molecule has 0 saturated carbocycles. The van der Waals surface area contributed by atoms with E-state index >= 15 is 0 Å². The second-order valence-electron chi connectivity index (χ2n) is 4.97. The minimum absolute atomic E-state index is 0.302. The van der Waals surface area contributed by atoms with Gasteiger partial charge in [-0.25, -0.2) is 4.79 Å². The molecule has 0 unspecified atom stereocenters. The van der Waals surface area contributed by atoms with Crippen LogP contribution >= 0.6 is 11.5 Å². The summed E-state index contributed by atoms with van der Waals surface area (Å²) in [7, 11) is 1.74. The van der Waals surface area contributed by atoms with Crippen molar-refractivity contribution in [2.45, 2.75) is 46.3 Å². The minimum atomic E-state index is -0.451. The number of amides is 1. The molecule has 0 radical (unpaired) electrons. The topological polar surface area (TPSA) is 42.4 Å². The zero-order valence-electron chi connectivity index (χ0n) is 11.1. The third-order valence-corrected chi connectivity index (χ3v) is 2.88. The molecule has 5 heteroatoms. The van der Waals surface area contributed by atoms with Crippen molar-refractivity contribution in [3.05, 3.63) is 16.6 Å². The lowest BCUT2D eigenvalue weighted by atomic mass is 10.2. The van der Waals surface area contributed by atoms with Crippen molar-refractivity contribution in [2.75, 3.05) is 7.05 Å². The van der Waals surface area contributed by atoms with Crippen LogP contribution in [-0.4, -0.2) is 28.0 Å². The van der Waals surface area contributed by atoms with Gasteiger partial charge in [-0.1, -0.05) is 6.92 Å². The van der Waals surface area contributed by atoms with E-state index in [2.05, 4.69) is 11.3 Å². The van der Waals surface area contributed by atoms with Crippen LogP contribution in [0.3, 0.4) is 0 Å². The molecule has 0 spiro atoms. The average molecular weight is 256 g/mol. The molecule has 96 valence electrons. The lowest BCUT2D eigenvalue weighted by molar-refractivity contribution is 0.0287. The van der Waals surface area contributed by atoms with E-state index in [1.165, 1.54) is 11.5 Å². The molecule has 4 nitrogen and oxygen atoms in total. The van der Waals surface area contributed by atoms with Gasteiger partial charge in [0.05, 0.1) is 12.2 Å². The zero-order valence-corrected chi connectivity index (χ0v) is 11.9. The molecule has 0 aliphatic rings. The molecule has 0 bridgehead atoms. The molecule has 1 aromatic rings. The van der Waals surface area contributed by atoms with E-state index in [0.29, 0.717) is 6.54 Å². The van der Waals surface area contributed by atoms with E-state index in [4.69, 9.17) is 4.74 Å². The van der Waals surface area contributed by atoms with Crippen LogP contribution in [0.5, 0.6) is 0 Å². The molecule has 1 aromatic heterocycles. The summed E-state index contributed by atoms with van der Waals surface area (Å²) in [6.45, 7) is 8.20. The fraction of sp³-hybridized carbons (Fsp3) is 0.667. The molecule has 0 N–H and O–H groups in total. The first-order valence-corrected chi connectivity index (χ1v) is 6.47. The SMILES string of the molecule is CCc1cc(CN(C)C(=O)OC(C)(C)C)sn1. The van der Waals surface area contributed by atoms with Crippen LogP contribution < -0.4 is 0 Å². The van der Waals surface area contributed by atoms with Gasteiger partial charge in [0.1, 0.15) is 5.60 Å². The van der Waals surface area contributed by atoms with Gasteiger partial charge in [0.15, 0.2) is 0 Å². The van der Waals surface area contributed by atoms with Crippen molar-refractivity contribution >= 4 is 17.6 Å². The van der Waals surface area contributed by atoms with E-state index in [9.17, 15) is 4.79 Å². The largest absolute Gasteiger partial charge is 0.444 e. The summed E-state index contributed by atoms with van der Waals surface area (Å²) >= 11 is 1.44. The van der Waals surface area contributed by atoms with Gasteiger partial charge in [-0.05, 0) is 44.8 Å². The van der Waals surface area contributed by atoms with Crippen LogP contribution in [0.15, 0.2) is 6.07 Å². The summed E-state index contributed by atoms with van der Waals surface area (Å²) in [6.07, 6.45) is 0.621. The fourth-order valence-electron chi connectivity index (χ4n) is 1.24.